The predicted molar refractivity (Wildman–Crippen MR) is 135 cm³/mol. The average molecular weight is 434 g/mol. The van der Waals surface area contributed by atoms with Crippen molar-refractivity contribution in [2.75, 3.05) is 12.4 Å². The molecule has 0 atom stereocenters. The van der Waals surface area contributed by atoms with Crippen LogP contribution >= 0.6 is 11.8 Å². The molecule has 0 saturated carbocycles. The zero-order valence-electron chi connectivity index (χ0n) is 19.9. The molecule has 1 N–H and O–H groups in total. The van der Waals surface area contributed by atoms with Crippen LogP contribution in [0.4, 0.5) is 5.69 Å². The Bertz CT molecular complexity index is 1010. The smallest absolute Gasteiger partial charge is 0.127 e. The van der Waals surface area contributed by atoms with Crippen molar-refractivity contribution in [2.45, 2.75) is 68.7 Å². The molecule has 0 aliphatic rings. The van der Waals surface area contributed by atoms with Crippen LogP contribution in [0.15, 0.2) is 76.5 Å². The molecule has 0 amide bonds. The molecule has 0 radical (unpaired) electrons. The van der Waals surface area contributed by atoms with Crippen molar-refractivity contribution < 1.29 is 4.74 Å². The number of ether oxygens (including phenoxy) is 1. The van der Waals surface area contributed by atoms with Crippen molar-refractivity contribution in [3.8, 4) is 5.75 Å². The number of rotatable bonds is 6. The number of para-hydroxylation sites is 1. The lowest BCUT2D eigenvalue weighted by Crippen LogP contribution is -2.19. The molecule has 0 unspecified atom stereocenters. The molecule has 0 aliphatic carbocycles. The monoisotopic (exact) mass is 433 g/mol. The quantitative estimate of drug-likeness (QED) is 0.425. The van der Waals surface area contributed by atoms with Crippen LogP contribution in [0, 0.1) is 0 Å². The van der Waals surface area contributed by atoms with Gasteiger partial charge in [0.15, 0.2) is 0 Å². The molecule has 0 fully saturated rings. The molecular weight excluding hydrogens is 398 g/mol. The molecule has 164 valence electrons. The Morgan fingerprint density at radius 2 is 1.45 bits per heavy atom. The fourth-order valence-corrected chi connectivity index (χ4v) is 4.50. The van der Waals surface area contributed by atoms with Gasteiger partial charge in [0.1, 0.15) is 5.75 Å². The van der Waals surface area contributed by atoms with E-state index in [1.165, 1.54) is 26.5 Å². The van der Waals surface area contributed by atoms with Gasteiger partial charge < -0.3 is 10.1 Å². The summed E-state index contributed by atoms with van der Waals surface area (Å²) in [5.74, 6) is 0.987. The average Bonchev–Trinajstić information content (AvgIpc) is 2.72. The number of hydrogen-bond donors (Lipinski definition) is 1. The van der Waals surface area contributed by atoms with Gasteiger partial charge in [0.2, 0.25) is 0 Å². The van der Waals surface area contributed by atoms with Crippen LogP contribution in [0.3, 0.4) is 0 Å². The molecular formula is C28H35NOS. The highest BCUT2D eigenvalue weighted by Gasteiger charge is 2.25. The summed E-state index contributed by atoms with van der Waals surface area (Å²) in [4.78, 5) is 2.45. The second kappa shape index (κ2) is 9.40. The van der Waals surface area contributed by atoms with Gasteiger partial charge in [-0.2, -0.15) is 0 Å². The SMILES string of the molecule is COc1c(CNc2ccccc2Sc2ccccc2)cc(C(C)(C)C)cc1C(C)(C)C. The van der Waals surface area contributed by atoms with Gasteiger partial charge in [-0.3, -0.25) is 0 Å². The predicted octanol–water partition coefficient (Wildman–Crippen LogP) is 8.05. The van der Waals surface area contributed by atoms with Crippen molar-refractivity contribution in [2.24, 2.45) is 0 Å². The Morgan fingerprint density at radius 3 is 2.06 bits per heavy atom. The molecule has 0 spiro atoms. The van der Waals surface area contributed by atoms with Gasteiger partial charge in [-0.1, -0.05) is 89.7 Å². The zero-order chi connectivity index (χ0) is 22.6. The van der Waals surface area contributed by atoms with E-state index < -0.39 is 0 Å². The minimum atomic E-state index is 0.00240. The van der Waals surface area contributed by atoms with E-state index in [1.54, 1.807) is 18.9 Å². The van der Waals surface area contributed by atoms with Crippen LogP contribution in [0.25, 0.3) is 0 Å². The highest BCUT2D eigenvalue weighted by Crippen LogP contribution is 2.39. The maximum Gasteiger partial charge on any atom is 0.127 e. The fourth-order valence-electron chi connectivity index (χ4n) is 3.56. The van der Waals surface area contributed by atoms with Gasteiger partial charge in [0.25, 0.3) is 0 Å². The molecule has 0 aliphatic heterocycles. The summed E-state index contributed by atoms with van der Waals surface area (Å²) >= 11 is 1.78. The first-order chi connectivity index (χ1) is 14.6. The van der Waals surface area contributed by atoms with Crippen molar-refractivity contribution in [3.05, 3.63) is 83.4 Å². The minimum Gasteiger partial charge on any atom is -0.496 e. The maximum atomic E-state index is 5.94. The molecule has 3 aromatic carbocycles. The van der Waals surface area contributed by atoms with E-state index >= 15 is 0 Å². The summed E-state index contributed by atoms with van der Waals surface area (Å²) in [7, 11) is 1.78. The summed E-state index contributed by atoms with van der Waals surface area (Å²) < 4.78 is 5.94. The van der Waals surface area contributed by atoms with Crippen LogP contribution in [0.2, 0.25) is 0 Å². The number of hydrogen-bond acceptors (Lipinski definition) is 3. The van der Waals surface area contributed by atoms with Crippen LogP contribution in [-0.2, 0) is 17.4 Å². The lowest BCUT2D eigenvalue weighted by molar-refractivity contribution is 0.392. The van der Waals surface area contributed by atoms with E-state index in [4.69, 9.17) is 4.74 Å². The maximum absolute atomic E-state index is 5.94. The van der Waals surface area contributed by atoms with Gasteiger partial charge in [-0.15, -0.1) is 0 Å². The van der Waals surface area contributed by atoms with E-state index in [1.807, 2.05) is 0 Å². The summed E-state index contributed by atoms with van der Waals surface area (Å²) in [6.45, 7) is 14.3. The molecule has 0 heterocycles. The molecule has 3 rings (SSSR count). The standard InChI is InChI=1S/C28H35NOS/c1-27(2,3)21-17-20(26(30-7)23(18-21)28(4,5)6)19-29-24-15-11-12-16-25(24)31-22-13-9-8-10-14-22/h8-18,29H,19H2,1-7H3. The third-order valence-corrected chi connectivity index (χ3v) is 6.46. The molecule has 0 bridgehead atoms. The number of nitrogens with one attached hydrogen (secondary N) is 1. The fraction of sp³-hybridized carbons (Fsp3) is 0.357. The third kappa shape index (κ3) is 5.86. The first kappa shape index (κ1) is 23.3. The molecule has 31 heavy (non-hydrogen) atoms. The number of methoxy groups -OCH3 is 1. The molecule has 0 saturated heterocycles. The molecule has 0 aromatic heterocycles. The highest BCUT2D eigenvalue weighted by molar-refractivity contribution is 7.99. The van der Waals surface area contributed by atoms with E-state index in [0.29, 0.717) is 6.54 Å². The molecule has 3 heteroatoms. The van der Waals surface area contributed by atoms with Crippen LogP contribution < -0.4 is 10.1 Å². The summed E-state index contributed by atoms with van der Waals surface area (Å²) in [6.07, 6.45) is 0. The van der Waals surface area contributed by atoms with Crippen LogP contribution in [0.5, 0.6) is 5.75 Å². The Morgan fingerprint density at radius 1 is 0.806 bits per heavy atom. The first-order valence-corrected chi connectivity index (χ1v) is 11.7. The van der Waals surface area contributed by atoms with Gasteiger partial charge in [0, 0.05) is 33.2 Å². The van der Waals surface area contributed by atoms with E-state index in [0.717, 1.165) is 11.4 Å². The lowest BCUT2D eigenvalue weighted by Gasteiger charge is -2.29. The van der Waals surface area contributed by atoms with Crippen molar-refractivity contribution >= 4 is 17.4 Å². The van der Waals surface area contributed by atoms with Crippen molar-refractivity contribution in [3.63, 3.8) is 0 Å². The van der Waals surface area contributed by atoms with Gasteiger partial charge in [0.05, 0.1) is 7.11 Å². The van der Waals surface area contributed by atoms with Crippen molar-refractivity contribution in [1.29, 1.82) is 0 Å². The third-order valence-electron chi connectivity index (χ3n) is 5.37. The van der Waals surface area contributed by atoms with Gasteiger partial charge in [-0.25, -0.2) is 0 Å². The second-order valence-electron chi connectivity index (χ2n) is 9.98. The molecule has 3 aromatic rings. The topological polar surface area (TPSA) is 21.3 Å². The van der Waals surface area contributed by atoms with Gasteiger partial charge in [-0.05, 0) is 46.7 Å². The van der Waals surface area contributed by atoms with Gasteiger partial charge >= 0.3 is 0 Å². The summed E-state index contributed by atoms with van der Waals surface area (Å²) in [5, 5.41) is 3.68. The zero-order valence-corrected chi connectivity index (χ0v) is 20.7. The molecule has 2 nitrogen and oxygen atoms in total. The van der Waals surface area contributed by atoms with Crippen LogP contribution in [-0.4, -0.2) is 7.11 Å². The Labute approximate surface area is 192 Å². The van der Waals surface area contributed by atoms with E-state index in [9.17, 15) is 0 Å². The number of anilines is 1. The summed E-state index contributed by atoms with van der Waals surface area (Å²) in [5.41, 5.74) is 4.99. The Balaban J connectivity index is 1.95. The first-order valence-electron chi connectivity index (χ1n) is 10.9. The van der Waals surface area contributed by atoms with Crippen molar-refractivity contribution in [1.82, 2.24) is 0 Å². The minimum absolute atomic E-state index is 0.00240. The normalized spacial score (nSPS) is 12.0. The second-order valence-corrected chi connectivity index (χ2v) is 11.1. The highest BCUT2D eigenvalue weighted by atomic mass is 32.2. The Hall–Kier alpha value is -2.39. The summed E-state index contributed by atoms with van der Waals surface area (Å²) in [6, 6.07) is 23.6. The number of benzene rings is 3. The largest absolute Gasteiger partial charge is 0.496 e. The van der Waals surface area contributed by atoms with E-state index in [-0.39, 0.29) is 10.8 Å². The lowest BCUT2D eigenvalue weighted by atomic mass is 9.79. The van der Waals surface area contributed by atoms with E-state index in [2.05, 4.69) is 114 Å². The van der Waals surface area contributed by atoms with Crippen LogP contribution in [0.1, 0.15) is 58.2 Å². The Kier molecular flexibility index (Phi) is 7.06.